The van der Waals surface area contributed by atoms with E-state index in [1.807, 2.05) is 13.8 Å². The maximum Gasteiger partial charge on any atom is 0.130 e. The van der Waals surface area contributed by atoms with Crippen LogP contribution in [0.2, 0.25) is 0 Å². The van der Waals surface area contributed by atoms with Gasteiger partial charge in [0.2, 0.25) is 0 Å². The topological polar surface area (TPSA) is 75.7 Å². The van der Waals surface area contributed by atoms with Crippen LogP contribution >= 0.6 is 11.8 Å². The van der Waals surface area contributed by atoms with Crippen LogP contribution in [0.4, 0.5) is 0 Å². The number of aryl methyl sites for hydroxylation is 1. The van der Waals surface area contributed by atoms with Gasteiger partial charge in [-0.1, -0.05) is 12.8 Å². The number of rotatable bonds is 3. The minimum Gasteiger partial charge on any atom is -0.384 e. The maximum absolute atomic E-state index is 7.68. The Morgan fingerprint density at radius 2 is 1.94 bits per heavy atom. The van der Waals surface area contributed by atoms with Crippen LogP contribution < -0.4 is 5.73 Å². The Morgan fingerprint density at radius 1 is 1.29 bits per heavy atom. The lowest BCUT2D eigenvalue weighted by molar-refractivity contribution is 0.853. The third-order valence-electron chi connectivity index (χ3n) is 3.27. The number of thioether (sulfide) groups is 1. The number of nitrogens with two attached hydrogens (primary N) is 1. The summed E-state index contributed by atoms with van der Waals surface area (Å²) in [5, 5.41) is 17.5. The number of hydrogen-bond donors (Lipinski definition) is 2. The summed E-state index contributed by atoms with van der Waals surface area (Å²) in [5.74, 6) is 0.0981. The van der Waals surface area contributed by atoms with E-state index in [9.17, 15) is 0 Å². The van der Waals surface area contributed by atoms with Gasteiger partial charge < -0.3 is 5.73 Å². The number of nitrogen functional groups attached to an aromatic ring is 1. The molecule has 0 amide bonds. The number of amidine groups is 1. The van der Waals surface area contributed by atoms with Gasteiger partial charge in [-0.2, -0.15) is 5.10 Å². The van der Waals surface area contributed by atoms with Gasteiger partial charge >= 0.3 is 0 Å². The van der Waals surface area contributed by atoms with Crippen LogP contribution in [0.5, 0.6) is 0 Å². The molecule has 4 nitrogen and oxygen atoms in total. The lowest BCUT2D eigenvalue weighted by atomic mass is 10.1. The predicted molar refractivity (Wildman–Crippen MR) is 70.6 cm³/mol. The minimum atomic E-state index is 0.0981. The number of hydrogen-bond acceptors (Lipinski definition) is 4. The van der Waals surface area contributed by atoms with Gasteiger partial charge in [-0.05, 0) is 32.3 Å². The van der Waals surface area contributed by atoms with Gasteiger partial charge in [0.1, 0.15) is 10.9 Å². The smallest absolute Gasteiger partial charge is 0.130 e. The Bertz CT molecular complexity index is 438. The highest BCUT2D eigenvalue weighted by Crippen LogP contribution is 2.35. The summed E-state index contributed by atoms with van der Waals surface area (Å²) >= 11 is 1.73. The highest BCUT2D eigenvalue weighted by Gasteiger charge is 2.21. The van der Waals surface area contributed by atoms with E-state index in [2.05, 4.69) is 10.2 Å². The summed E-state index contributed by atoms with van der Waals surface area (Å²) < 4.78 is 0. The second-order valence-electron chi connectivity index (χ2n) is 4.53. The van der Waals surface area contributed by atoms with Crippen LogP contribution in [-0.2, 0) is 0 Å². The van der Waals surface area contributed by atoms with Gasteiger partial charge in [-0.25, -0.2) is 0 Å². The molecule has 0 aliphatic heterocycles. The summed E-state index contributed by atoms with van der Waals surface area (Å²) in [6.45, 7) is 3.86. The third-order valence-corrected chi connectivity index (χ3v) is 4.59. The zero-order chi connectivity index (χ0) is 12.4. The fraction of sp³-hybridized carbons (Fsp3) is 0.583. The first-order valence-corrected chi connectivity index (χ1v) is 6.82. The third kappa shape index (κ3) is 2.60. The Kier molecular flexibility index (Phi) is 3.66. The van der Waals surface area contributed by atoms with Gasteiger partial charge in [0.15, 0.2) is 0 Å². The lowest BCUT2D eigenvalue weighted by Crippen LogP contribution is -2.17. The first-order valence-electron chi connectivity index (χ1n) is 5.94. The highest BCUT2D eigenvalue weighted by molar-refractivity contribution is 7.99. The molecule has 1 aromatic heterocycles. The van der Waals surface area contributed by atoms with E-state index in [4.69, 9.17) is 11.1 Å². The van der Waals surface area contributed by atoms with E-state index in [-0.39, 0.29) is 5.84 Å². The van der Waals surface area contributed by atoms with Gasteiger partial charge in [0.05, 0.1) is 11.3 Å². The van der Waals surface area contributed by atoms with E-state index in [0.29, 0.717) is 5.25 Å². The quantitative estimate of drug-likeness (QED) is 0.638. The summed E-state index contributed by atoms with van der Waals surface area (Å²) in [7, 11) is 0. The Morgan fingerprint density at radius 3 is 2.53 bits per heavy atom. The van der Waals surface area contributed by atoms with E-state index in [1.165, 1.54) is 25.7 Å². The fourth-order valence-electron chi connectivity index (χ4n) is 2.15. The zero-order valence-electron chi connectivity index (χ0n) is 10.3. The molecule has 3 N–H and O–H groups in total. The predicted octanol–water partition coefficient (Wildman–Crippen LogP) is 2.41. The summed E-state index contributed by atoms with van der Waals surface area (Å²) in [4.78, 5) is 0. The maximum atomic E-state index is 7.68. The van der Waals surface area contributed by atoms with Gasteiger partial charge in [-0.3, -0.25) is 5.41 Å². The van der Waals surface area contributed by atoms with Crippen LogP contribution in [-0.4, -0.2) is 21.3 Å². The van der Waals surface area contributed by atoms with Crippen LogP contribution in [0.3, 0.4) is 0 Å². The first-order chi connectivity index (χ1) is 8.09. The van der Waals surface area contributed by atoms with Crippen LogP contribution in [0, 0.1) is 19.3 Å². The molecular weight excluding hydrogens is 232 g/mol. The first kappa shape index (κ1) is 12.4. The SMILES string of the molecule is Cc1nnc(SC2CCCC2)c(C(=N)N)c1C. The molecule has 2 rings (SSSR count). The second kappa shape index (κ2) is 5.04. The average Bonchev–Trinajstić information content (AvgIpc) is 2.76. The van der Waals surface area contributed by atoms with Crippen molar-refractivity contribution in [1.82, 2.24) is 10.2 Å². The van der Waals surface area contributed by atoms with Crippen molar-refractivity contribution in [3.63, 3.8) is 0 Å². The molecule has 17 heavy (non-hydrogen) atoms. The van der Waals surface area contributed by atoms with E-state index < -0.39 is 0 Å². The van der Waals surface area contributed by atoms with Crippen molar-refractivity contribution in [3.05, 3.63) is 16.8 Å². The van der Waals surface area contributed by atoms with Crippen molar-refractivity contribution < 1.29 is 0 Å². The molecule has 0 radical (unpaired) electrons. The number of nitrogens with one attached hydrogen (secondary N) is 1. The summed E-state index contributed by atoms with van der Waals surface area (Å²) in [6.07, 6.45) is 5.06. The van der Waals surface area contributed by atoms with Crippen molar-refractivity contribution in [2.45, 2.75) is 49.8 Å². The number of aromatic nitrogens is 2. The molecule has 1 aromatic rings. The number of nitrogens with zero attached hydrogens (tertiary/aromatic N) is 2. The molecule has 0 spiro atoms. The molecule has 1 fully saturated rings. The van der Waals surface area contributed by atoms with Crippen molar-refractivity contribution in [2.75, 3.05) is 0 Å². The molecule has 0 saturated heterocycles. The van der Waals surface area contributed by atoms with Gasteiger partial charge in [0, 0.05) is 5.25 Å². The molecular formula is C12H18N4S. The second-order valence-corrected chi connectivity index (χ2v) is 5.82. The van der Waals surface area contributed by atoms with Crippen LogP contribution in [0.25, 0.3) is 0 Å². The standard InChI is InChI=1S/C12H18N4S/c1-7-8(2)15-16-12(10(7)11(13)14)17-9-5-3-4-6-9/h9H,3-6H2,1-2H3,(H3,13,14). The van der Waals surface area contributed by atoms with E-state index in [0.717, 1.165) is 21.8 Å². The normalized spacial score (nSPS) is 16.4. The molecule has 92 valence electrons. The molecule has 0 unspecified atom stereocenters. The molecule has 1 aliphatic rings. The monoisotopic (exact) mass is 250 g/mol. The lowest BCUT2D eigenvalue weighted by Gasteiger charge is -2.13. The average molecular weight is 250 g/mol. The molecule has 1 saturated carbocycles. The highest BCUT2D eigenvalue weighted by atomic mass is 32.2. The Hall–Kier alpha value is -1.10. The van der Waals surface area contributed by atoms with Crippen molar-refractivity contribution in [3.8, 4) is 0 Å². The van der Waals surface area contributed by atoms with Crippen molar-refractivity contribution >= 4 is 17.6 Å². The minimum absolute atomic E-state index is 0.0981. The largest absolute Gasteiger partial charge is 0.384 e. The van der Waals surface area contributed by atoms with Crippen molar-refractivity contribution in [2.24, 2.45) is 5.73 Å². The molecule has 0 bridgehead atoms. The van der Waals surface area contributed by atoms with Gasteiger partial charge in [-0.15, -0.1) is 16.9 Å². The summed E-state index contributed by atoms with van der Waals surface area (Å²) in [6, 6.07) is 0. The van der Waals surface area contributed by atoms with E-state index >= 15 is 0 Å². The molecule has 1 aliphatic carbocycles. The van der Waals surface area contributed by atoms with Crippen LogP contribution in [0.1, 0.15) is 42.5 Å². The summed E-state index contributed by atoms with van der Waals surface area (Å²) in [5.41, 5.74) is 8.27. The molecule has 0 atom stereocenters. The molecule has 5 heteroatoms. The van der Waals surface area contributed by atoms with E-state index in [1.54, 1.807) is 11.8 Å². The Balaban J connectivity index is 2.32. The zero-order valence-corrected chi connectivity index (χ0v) is 11.1. The van der Waals surface area contributed by atoms with Crippen LogP contribution in [0.15, 0.2) is 5.03 Å². The van der Waals surface area contributed by atoms with Gasteiger partial charge in [0.25, 0.3) is 0 Å². The molecule has 1 heterocycles. The van der Waals surface area contributed by atoms with Crippen molar-refractivity contribution in [1.29, 1.82) is 5.41 Å². The Labute approximate surface area is 106 Å². The fourth-order valence-corrected chi connectivity index (χ4v) is 3.50. The molecule has 0 aromatic carbocycles.